The molecule has 7 nitrogen and oxygen atoms in total. The average molecular weight is 348 g/mol. The second-order valence-electron chi connectivity index (χ2n) is 5.40. The molecular weight excluding hydrogens is 328 g/mol. The zero-order chi connectivity index (χ0) is 16.9. The van der Waals surface area contributed by atoms with E-state index >= 15 is 0 Å². The molecule has 2 heterocycles. The van der Waals surface area contributed by atoms with Gasteiger partial charge in [-0.25, -0.2) is 4.68 Å². The molecule has 1 saturated heterocycles. The summed E-state index contributed by atoms with van der Waals surface area (Å²) >= 11 is 1.57. The second kappa shape index (κ2) is 7.67. The summed E-state index contributed by atoms with van der Waals surface area (Å²) in [5.74, 6) is 1.40. The van der Waals surface area contributed by atoms with E-state index in [0.717, 1.165) is 17.0 Å². The molecule has 24 heavy (non-hydrogen) atoms. The van der Waals surface area contributed by atoms with Crippen LogP contribution in [-0.4, -0.2) is 58.9 Å². The number of para-hydroxylation sites is 1. The van der Waals surface area contributed by atoms with Gasteiger partial charge in [0.1, 0.15) is 16.8 Å². The molecule has 1 amide bonds. The Bertz CT molecular complexity index is 706. The molecule has 3 rings (SSSR count). The minimum absolute atomic E-state index is 0.0981. The van der Waals surface area contributed by atoms with Gasteiger partial charge in [-0.1, -0.05) is 23.4 Å². The minimum Gasteiger partial charge on any atom is -0.496 e. The fourth-order valence-corrected chi connectivity index (χ4v) is 3.79. The van der Waals surface area contributed by atoms with Crippen molar-refractivity contribution in [1.82, 2.24) is 19.9 Å². The second-order valence-corrected chi connectivity index (χ2v) is 6.46. The van der Waals surface area contributed by atoms with Gasteiger partial charge < -0.3 is 14.4 Å². The van der Waals surface area contributed by atoms with Crippen LogP contribution in [0, 0.1) is 0 Å². The highest BCUT2D eigenvalue weighted by molar-refractivity contribution is 8.00. The van der Waals surface area contributed by atoms with Gasteiger partial charge in [-0.15, -0.1) is 16.9 Å². The van der Waals surface area contributed by atoms with Crippen LogP contribution < -0.4 is 4.74 Å². The number of amides is 1. The SMILES string of the molecule is COCCN1C(=O)CSC1c1cn(Cc2ccccc2OC)nn1. The molecule has 8 heteroatoms. The number of thioether (sulfide) groups is 1. The van der Waals surface area contributed by atoms with E-state index in [2.05, 4.69) is 10.3 Å². The summed E-state index contributed by atoms with van der Waals surface area (Å²) in [5.41, 5.74) is 1.82. The van der Waals surface area contributed by atoms with Crippen molar-refractivity contribution in [2.45, 2.75) is 11.9 Å². The standard InChI is InChI=1S/C16H20N4O3S/c1-22-8-7-20-15(21)11-24-16(20)13-10-19(18-17-13)9-12-5-3-4-6-14(12)23-2/h3-6,10,16H,7-9,11H2,1-2H3. The highest BCUT2D eigenvalue weighted by Crippen LogP contribution is 2.37. The van der Waals surface area contributed by atoms with Crippen LogP contribution in [0.25, 0.3) is 0 Å². The van der Waals surface area contributed by atoms with E-state index in [-0.39, 0.29) is 11.3 Å². The van der Waals surface area contributed by atoms with E-state index < -0.39 is 0 Å². The number of carbonyl (C=O) groups excluding carboxylic acids is 1. The van der Waals surface area contributed by atoms with Gasteiger partial charge in [0.05, 0.1) is 32.2 Å². The summed E-state index contributed by atoms with van der Waals surface area (Å²) < 4.78 is 12.2. The largest absolute Gasteiger partial charge is 0.496 e. The monoisotopic (exact) mass is 348 g/mol. The Hall–Kier alpha value is -2.06. The molecule has 1 aromatic carbocycles. The molecule has 1 aliphatic heterocycles. The molecule has 1 aromatic heterocycles. The van der Waals surface area contributed by atoms with Crippen LogP contribution in [0.4, 0.5) is 0 Å². The maximum atomic E-state index is 12.0. The zero-order valence-corrected chi connectivity index (χ0v) is 14.5. The van der Waals surface area contributed by atoms with Crippen LogP contribution in [-0.2, 0) is 16.1 Å². The average Bonchev–Trinajstić information content (AvgIpc) is 3.20. The Balaban J connectivity index is 1.74. The molecule has 0 radical (unpaired) electrons. The third kappa shape index (κ3) is 3.54. The molecule has 1 unspecified atom stereocenters. The molecule has 0 N–H and O–H groups in total. The van der Waals surface area contributed by atoms with Crippen molar-refractivity contribution in [1.29, 1.82) is 0 Å². The first-order chi connectivity index (χ1) is 11.7. The van der Waals surface area contributed by atoms with Crippen LogP contribution in [0.3, 0.4) is 0 Å². The van der Waals surface area contributed by atoms with Gasteiger partial charge in [-0.2, -0.15) is 0 Å². The Morgan fingerprint density at radius 1 is 1.33 bits per heavy atom. The number of carbonyl (C=O) groups is 1. The van der Waals surface area contributed by atoms with Crippen LogP contribution in [0.2, 0.25) is 0 Å². The molecular formula is C16H20N4O3S. The van der Waals surface area contributed by atoms with E-state index in [0.29, 0.717) is 25.4 Å². The van der Waals surface area contributed by atoms with Crippen molar-refractivity contribution in [3.8, 4) is 5.75 Å². The van der Waals surface area contributed by atoms with Crippen molar-refractivity contribution in [3.05, 3.63) is 41.7 Å². The maximum absolute atomic E-state index is 12.0. The normalized spacial score (nSPS) is 17.5. The van der Waals surface area contributed by atoms with Crippen molar-refractivity contribution >= 4 is 17.7 Å². The highest BCUT2D eigenvalue weighted by atomic mass is 32.2. The lowest BCUT2D eigenvalue weighted by Crippen LogP contribution is -2.31. The molecule has 0 aliphatic carbocycles. The van der Waals surface area contributed by atoms with Gasteiger partial charge in [-0.05, 0) is 6.07 Å². The molecule has 1 atom stereocenters. The molecule has 128 valence electrons. The summed E-state index contributed by atoms with van der Waals surface area (Å²) in [6.07, 6.45) is 1.89. The highest BCUT2D eigenvalue weighted by Gasteiger charge is 2.34. The Kier molecular flexibility index (Phi) is 5.37. The quantitative estimate of drug-likeness (QED) is 0.756. The first-order valence-corrected chi connectivity index (χ1v) is 8.69. The molecule has 0 bridgehead atoms. The number of benzene rings is 1. The van der Waals surface area contributed by atoms with E-state index in [1.165, 1.54) is 0 Å². The Morgan fingerprint density at radius 3 is 2.96 bits per heavy atom. The van der Waals surface area contributed by atoms with Crippen LogP contribution in [0.5, 0.6) is 5.75 Å². The van der Waals surface area contributed by atoms with E-state index in [1.54, 1.807) is 35.6 Å². The number of hydrogen-bond donors (Lipinski definition) is 0. The maximum Gasteiger partial charge on any atom is 0.233 e. The summed E-state index contributed by atoms with van der Waals surface area (Å²) in [6.45, 7) is 1.64. The van der Waals surface area contributed by atoms with E-state index in [9.17, 15) is 4.79 Å². The smallest absolute Gasteiger partial charge is 0.233 e. The van der Waals surface area contributed by atoms with Gasteiger partial charge >= 0.3 is 0 Å². The molecule has 2 aromatic rings. The minimum atomic E-state index is -0.0981. The van der Waals surface area contributed by atoms with Crippen molar-refractivity contribution in [3.63, 3.8) is 0 Å². The fourth-order valence-electron chi connectivity index (χ4n) is 2.64. The topological polar surface area (TPSA) is 69.5 Å². The summed E-state index contributed by atoms with van der Waals surface area (Å²) in [7, 11) is 3.28. The van der Waals surface area contributed by atoms with Crippen LogP contribution in [0.1, 0.15) is 16.6 Å². The zero-order valence-electron chi connectivity index (χ0n) is 13.7. The van der Waals surface area contributed by atoms with Crippen LogP contribution >= 0.6 is 11.8 Å². The Labute approximate surface area is 144 Å². The third-order valence-corrected chi connectivity index (χ3v) is 5.06. The molecule has 0 spiro atoms. The van der Waals surface area contributed by atoms with E-state index in [4.69, 9.17) is 9.47 Å². The molecule has 1 fully saturated rings. The van der Waals surface area contributed by atoms with Crippen molar-refractivity contribution in [2.75, 3.05) is 33.1 Å². The summed E-state index contributed by atoms with van der Waals surface area (Å²) in [6, 6.07) is 7.82. The van der Waals surface area contributed by atoms with Gasteiger partial charge in [0.15, 0.2) is 0 Å². The molecule has 0 saturated carbocycles. The number of hydrogen-bond acceptors (Lipinski definition) is 6. The first kappa shape index (κ1) is 16.8. The number of methoxy groups -OCH3 is 2. The Morgan fingerprint density at radius 2 is 2.17 bits per heavy atom. The van der Waals surface area contributed by atoms with E-state index in [1.807, 2.05) is 30.5 Å². The summed E-state index contributed by atoms with van der Waals surface area (Å²) in [4.78, 5) is 13.8. The van der Waals surface area contributed by atoms with Gasteiger partial charge in [-0.3, -0.25) is 4.79 Å². The van der Waals surface area contributed by atoms with Gasteiger partial charge in [0.25, 0.3) is 0 Å². The molecule has 1 aliphatic rings. The van der Waals surface area contributed by atoms with Gasteiger partial charge in [0.2, 0.25) is 5.91 Å². The number of aromatic nitrogens is 3. The lowest BCUT2D eigenvalue weighted by molar-refractivity contribution is -0.128. The van der Waals surface area contributed by atoms with Gasteiger partial charge in [0, 0.05) is 19.2 Å². The number of nitrogens with zero attached hydrogens (tertiary/aromatic N) is 4. The van der Waals surface area contributed by atoms with Crippen molar-refractivity contribution < 1.29 is 14.3 Å². The third-order valence-electron chi connectivity index (χ3n) is 3.84. The van der Waals surface area contributed by atoms with Crippen LogP contribution in [0.15, 0.2) is 30.5 Å². The number of rotatable bonds is 7. The first-order valence-electron chi connectivity index (χ1n) is 7.65. The lowest BCUT2D eigenvalue weighted by atomic mass is 10.2. The lowest BCUT2D eigenvalue weighted by Gasteiger charge is -2.21. The van der Waals surface area contributed by atoms with Crippen molar-refractivity contribution in [2.24, 2.45) is 0 Å². The fraction of sp³-hybridized carbons (Fsp3) is 0.438. The summed E-state index contributed by atoms with van der Waals surface area (Å²) in [5, 5.41) is 8.36. The predicted molar refractivity (Wildman–Crippen MR) is 90.9 cm³/mol. The predicted octanol–water partition coefficient (Wildman–Crippen LogP) is 1.56. The number of ether oxygens (including phenoxy) is 2.